The number of aliphatic hydroxyl groups excluding tert-OH is 1. The highest BCUT2D eigenvalue weighted by atomic mass is 16.7. The van der Waals surface area contributed by atoms with Gasteiger partial charge >= 0.3 is 0 Å². The summed E-state index contributed by atoms with van der Waals surface area (Å²) in [7, 11) is 0. The fourth-order valence-corrected chi connectivity index (χ4v) is 3.98. The van der Waals surface area contributed by atoms with Gasteiger partial charge in [-0.15, -0.1) is 0 Å². The fourth-order valence-electron chi connectivity index (χ4n) is 3.98. The zero-order chi connectivity index (χ0) is 22.7. The third-order valence-corrected chi connectivity index (χ3v) is 5.56. The highest BCUT2D eigenvalue weighted by Crippen LogP contribution is 2.35. The van der Waals surface area contributed by atoms with Gasteiger partial charge in [-0.3, -0.25) is 9.59 Å². The van der Waals surface area contributed by atoms with Gasteiger partial charge in [-0.25, -0.2) is 0 Å². The topological polar surface area (TPSA) is 103 Å². The largest absolute Gasteiger partial charge is 0.462 e. The monoisotopic (exact) mass is 441 g/mol. The number of carbonyl (C=O) groups excluding carboxylic acids is 2. The van der Waals surface area contributed by atoms with Crippen molar-refractivity contribution >= 4 is 11.7 Å². The van der Waals surface area contributed by atoms with Crippen LogP contribution < -0.4 is 10.1 Å². The van der Waals surface area contributed by atoms with Crippen molar-refractivity contribution in [3.05, 3.63) is 65.7 Å². The highest BCUT2D eigenvalue weighted by Gasteiger charge is 2.50. The summed E-state index contributed by atoms with van der Waals surface area (Å²) >= 11 is 0. The predicted octanol–water partition coefficient (Wildman–Crippen LogP) is 2.36. The number of benzene rings is 2. The van der Waals surface area contributed by atoms with Crippen LogP contribution >= 0.6 is 0 Å². The van der Waals surface area contributed by atoms with Crippen molar-refractivity contribution in [3.8, 4) is 5.75 Å². The van der Waals surface area contributed by atoms with Crippen LogP contribution in [0.3, 0.4) is 0 Å². The molecule has 6 atom stereocenters. The number of amides is 1. The zero-order valence-electron chi connectivity index (χ0n) is 18.0. The fraction of sp³-hybridized carbons (Fsp3) is 0.417. The molecule has 170 valence electrons. The molecule has 0 aliphatic carbocycles. The molecule has 0 spiro atoms. The number of hydrogen-bond acceptors (Lipinski definition) is 7. The van der Waals surface area contributed by atoms with Crippen molar-refractivity contribution in [2.24, 2.45) is 0 Å². The lowest BCUT2D eigenvalue weighted by atomic mass is 9.95. The van der Waals surface area contributed by atoms with E-state index in [0.29, 0.717) is 17.7 Å². The van der Waals surface area contributed by atoms with E-state index in [0.717, 1.165) is 5.56 Å². The molecule has 0 bridgehead atoms. The van der Waals surface area contributed by atoms with Crippen LogP contribution in [0.4, 0.5) is 0 Å². The first-order chi connectivity index (χ1) is 15.5. The van der Waals surface area contributed by atoms with Gasteiger partial charge in [-0.1, -0.05) is 49.4 Å². The minimum atomic E-state index is -1.12. The van der Waals surface area contributed by atoms with Crippen LogP contribution in [0.5, 0.6) is 5.75 Å². The van der Waals surface area contributed by atoms with Crippen LogP contribution in [0.2, 0.25) is 0 Å². The number of ether oxygens (including phenoxy) is 4. The van der Waals surface area contributed by atoms with Crippen molar-refractivity contribution in [2.75, 3.05) is 6.61 Å². The van der Waals surface area contributed by atoms with E-state index in [1.807, 2.05) is 30.3 Å². The minimum absolute atomic E-state index is 0.0825. The van der Waals surface area contributed by atoms with Gasteiger partial charge < -0.3 is 29.4 Å². The maximum Gasteiger partial charge on any atom is 0.223 e. The molecule has 2 saturated heterocycles. The Kier molecular flexibility index (Phi) is 6.86. The zero-order valence-corrected chi connectivity index (χ0v) is 18.0. The van der Waals surface area contributed by atoms with Crippen molar-refractivity contribution < 1.29 is 33.6 Å². The molecule has 2 N–H and O–H groups in total. The van der Waals surface area contributed by atoms with Gasteiger partial charge in [-0.2, -0.15) is 0 Å². The predicted molar refractivity (Wildman–Crippen MR) is 114 cm³/mol. The first-order valence-electron chi connectivity index (χ1n) is 10.7. The lowest BCUT2D eigenvalue weighted by Gasteiger charge is -2.47. The molecule has 2 aliphatic rings. The van der Waals surface area contributed by atoms with Gasteiger partial charge in [0.05, 0.1) is 12.2 Å². The van der Waals surface area contributed by atoms with E-state index in [9.17, 15) is 14.7 Å². The van der Waals surface area contributed by atoms with Crippen LogP contribution in [0, 0.1) is 0 Å². The molecule has 2 aromatic carbocycles. The molecule has 2 aliphatic heterocycles. The molecule has 1 amide bonds. The lowest BCUT2D eigenvalue weighted by molar-refractivity contribution is -0.333. The van der Waals surface area contributed by atoms with Crippen LogP contribution in [-0.2, 0) is 19.0 Å². The third kappa shape index (κ3) is 4.68. The van der Waals surface area contributed by atoms with Gasteiger partial charge in [0.2, 0.25) is 12.2 Å². The first-order valence-corrected chi connectivity index (χ1v) is 10.7. The summed E-state index contributed by atoms with van der Waals surface area (Å²) in [5.74, 6) is -0.111. The summed E-state index contributed by atoms with van der Waals surface area (Å²) in [4.78, 5) is 24.2. The number of rotatable bonds is 6. The Labute approximate surface area is 186 Å². The number of nitrogens with one attached hydrogen (secondary N) is 1. The molecule has 0 radical (unpaired) electrons. The summed E-state index contributed by atoms with van der Waals surface area (Å²) < 4.78 is 23.9. The second kappa shape index (κ2) is 9.79. The van der Waals surface area contributed by atoms with E-state index in [1.54, 1.807) is 31.2 Å². The van der Waals surface area contributed by atoms with E-state index < -0.39 is 36.9 Å². The Morgan fingerprint density at radius 1 is 1.09 bits per heavy atom. The third-order valence-electron chi connectivity index (χ3n) is 5.56. The second-order valence-corrected chi connectivity index (χ2v) is 7.83. The molecule has 2 heterocycles. The summed E-state index contributed by atoms with van der Waals surface area (Å²) in [6.07, 6.45) is -3.86. The lowest BCUT2D eigenvalue weighted by Crippen LogP contribution is -2.67. The average molecular weight is 441 g/mol. The van der Waals surface area contributed by atoms with Gasteiger partial charge in [0.1, 0.15) is 30.1 Å². The maximum absolute atomic E-state index is 12.3. The maximum atomic E-state index is 12.3. The Morgan fingerprint density at radius 2 is 1.81 bits per heavy atom. The summed E-state index contributed by atoms with van der Waals surface area (Å²) in [5, 5.41) is 13.8. The highest BCUT2D eigenvalue weighted by molar-refractivity contribution is 5.98. The number of para-hydroxylation sites is 1. The Balaban J connectivity index is 1.57. The van der Waals surface area contributed by atoms with Crippen molar-refractivity contribution in [3.63, 3.8) is 0 Å². The number of Topliss-reactive ketones (excluding diaryl/α,β-unsaturated/α-hetero) is 1. The van der Waals surface area contributed by atoms with E-state index >= 15 is 0 Å². The minimum Gasteiger partial charge on any atom is -0.462 e. The number of aliphatic hydroxyl groups is 1. The standard InChI is InChI=1S/C24H27NO7/c1-3-17(27)16-11-7-8-12-18(16)30-24-20(25-14(2)26)21(28)22-19(31-24)13-29-23(32-22)15-9-5-4-6-10-15/h4-12,19-24,28H,3,13H2,1-2H3,(H,25,26). The molecule has 2 aromatic rings. The van der Waals surface area contributed by atoms with E-state index in [2.05, 4.69) is 5.32 Å². The quantitative estimate of drug-likeness (QED) is 0.664. The molecule has 8 heteroatoms. The molecule has 0 saturated carbocycles. The molecule has 4 rings (SSSR count). The van der Waals surface area contributed by atoms with Gasteiger partial charge in [0.15, 0.2) is 12.1 Å². The Morgan fingerprint density at radius 3 is 2.53 bits per heavy atom. The molecular formula is C24H27NO7. The van der Waals surface area contributed by atoms with Crippen molar-refractivity contribution in [2.45, 2.75) is 57.2 Å². The molecule has 8 nitrogen and oxygen atoms in total. The number of fused-ring (bicyclic) bond motifs is 1. The molecule has 6 unspecified atom stereocenters. The summed E-state index contributed by atoms with van der Waals surface area (Å²) in [6, 6.07) is 15.3. The molecule has 2 fully saturated rings. The van der Waals surface area contributed by atoms with Gasteiger partial charge in [0, 0.05) is 18.9 Å². The van der Waals surface area contributed by atoms with Crippen molar-refractivity contribution in [1.29, 1.82) is 0 Å². The summed E-state index contributed by atoms with van der Waals surface area (Å²) in [5.41, 5.74) is 1.23. The Bertz CT molecular complexity index is 950. The smallest absolute Gasteiger partial charge is 0.223 e. The molecule has 32 heavy (non-hydrogen) atoms. The van der Waals surface area contributed by atoms with Gasteiger partial charge in [0.25, 0.3) is 0 Å². The molecule has 0 aromatic heterocycles. The first kappa shape index (κ1) is 22.4. The number of carbonyl (C=O) groups is 2. The van der Waals surface area contributed by atoms with Crippen LogP contribution in [0.1, 0.15) is 42.5 Å². The average Bonchev–Trinajstić information content (AvgIpc) is 2.81. The number of ketones is 1. The van der Waals surface area contributed by atoms with Crippen LogP contribution in [-0.4, -0.2) is 54.0 Å². The second-order valence-electron chi connectivity index (χ2n) is 7.83. The van der Waals surface area contributed by atoms with E-state index in [1.165, 1.54) is 6.92 Å². The Hall–Kier alpha value is -2.78. The van der Waals surface area contributed by atoms with E-state index in [4.69, 9.17) is 18.9 Å². The number of hydrogen-bond donors (Lipinski definition) is 2. The van der Waals surface area contributed by atoms with Crippen molar-refractivity contribution in [1.82, 2.24) is 5.32 Å². The van der Waals surface area contributed by atoms with Gasteiger partial charge in [-0.05, 0) is 12.1 Å². The normalized spacial score (nSPS) is 29.6. The summed E-state index contributed by atoms with van der Waals surface area (Å²) in [6.45, 7) is 3.29. The molecular weight excluding hydrogens is 414 g/mol. The van der Waals surface area contributed by atoms with E-state index in [-0.39, 0.29) is 18.3 Å². The van der Waals surface area contributed by atoms with Crippen LogP contribution in [0.15, 0.2) is 54.6 Å². The van der Waals surface area contributed by atoms with Crippen LogP contribution in [0.25, 0.3) is 0 Å². The SMILES string of the molecule is CCC(=O)c1ccccc1OC1OC2COC(c3ccccc3)OC2C(O)C1NC(C)=O.